The number of rotatable bonds is 1. The molecule has 0 aliphatic heterocycles. The van der Waals surface area contributed by atoms with Gasteiger partial charge in [0.15, 0.2) is 0 Å². The van der Waals surface area contributed by atoms with Crippen molar-refractivity contribution in [3.8, 4) is 0 Å². The van der Waals surface area contributed by atoms with Crippen molar-refractivity contribution in [3.05, 3.63) is 41.0 Å². The maximum Gasteiger partial charge on any atom is 0.407 e. The fourth-order valence-electron chi connectivity index (χ4n) is 1.50. The van der Waals surface area contributed by atoms with Crippen LogP contribution in [0, 0.1) is 0 Å². The molecule has 2 N–H and O–H groups in total. The van der Waals surface area contributed by atoms with Gasteiger partial charge < -0.3 is 5.73 Å². The van der Waals surface area contributed by atoms with E-state index in [0.29, 0.717) is 10.9 Å². The molecule has 18 heavy (non-hydrogen) atoms. The van der Waals surface area contributed by atoms with E-state index in [1.54, 1.807) is 24.3 Å². The van der Waals surface area contributed by atoms with Gasteiger partial charge in [-0.15, -0.1) is 12.4 Å². The van der Waals surface area contributed by atoms with Crippen LogP contribution in [-0.2, 0) is 0 Å². The molecule has 2 nitrogen and oxygen atoms in total. The number of alkyl halides is 3. The van der Waals surface area contributed by atoms with Crippen LogP contribution in [0.4, 0.5) is 13.2 Å². The minimum atomic E-state index is -4.53. The van der Waals surface area contributed by atoms with Gasteiger partial charge in [0.25, 0.3) is 0 Å². The number of halogens is 5. The molecule has 2 aromatic rings. The summed E-state index contributed by atoms with van der Waals surface area (Å²) in [5.41, 5.74) is 5.44. The molecule has 1 aromatic carbocycles. The highest BCUT2D eigenvalue weighted by molar-refractivity contribution is 6.30. The molecule has 0 saturated carbocycles. The average Bonchev–Trinajstić information content (AvgIpc) is 2.26. The lowest BCUT2D eigenvalue weighted by Gasteiger charge is -2.17. The third-order valence-corrected chi connectivity index (χ3v) is 2.70. The number of fused-ring (bicyclic) bond motifs is 1. The smallest absolute Gasteiger partial charge is 0.316 e. The van der Waals surface area contributed by atoms with E-state index < -0.39 is 12.2 Å². The van der Waals surface area contributed by atoms with Gasteiger partial charge in [-0.1, -0.05) is 29.8 Å². The minimum Gasteiger partial charge on any atom is -0.316 e. The zero-order valence-corrected chi connectivity index (χ0v) is 10.5. The third-order valence-electron chi connectivity index (χ3n) is 2.39. The summed E-state index contributed by atoms with van der Waals surface area (Å²) in [6, 6.07) is 5.97. The Labute approximate surface area is 112 Å². The Kier molecular flexibility index (Phi) is 4.42. The van der Waals surface area contributed by atoms with Crippen LogP contribution in [0.2, 0.25) is 5.15 Å². The molecule has 0 aliphatic rings. The van der Waals surface area contributed by atoms with E-state index in [9.17, 15) is 13.2 Å². The van der Waals surface area contributed by atoms with Crippen LogP contribution >= 0.6 is 24.0 Å². The van der Waals surface area contributed by atoms with E-state index in [2.05, 4.69) is 4.98 Å². The number of para-hydroxylation sites is 1. The SMILES string of the molecule is Cl.N[C@H](c1cc2ccccc2nc1Cl)C(F)(F)F. The summed E-state index contributed by atoms with van der Waals surface area (Å²) in [5.74, 6) is 0. The molecule has 0 aliphatic carbocycles. The summed E-state index contributed by atoms with van der Waals surface area (Å²) in [6.45, 7) is 0. The van der Waals surface area contributed by atoms with E-state index in [4.69, 9.17) is 17.3 Å². The highest BCUT2D eigenvalue weighted by Gasteiger charge is 2.39. The van der Waals surface area contributed by atoms with Gasteiger partial charge in [0, 0.05) is 10.9 Å². The molecule has 1 heterocycles. The summed E-state index contributed by atoms with van der Waals surface area (Å²) in [6.07, 6.45) is -4.53. The minimum absolute atomic E-state index is 0. The van der Waals surface area contributed by atoms with Crippen molar-refractivity contribution in [2.75, 3.05) is 0 Å². The number of nitrogens with zero attached hydrogens (tertiary/aromatic N) is 1. The van der Waals surface area contributed by atoms with E-state index >= 15 is 0 Å². The highest BCUT2D eigenvalue weighted by atomic mass is 35.5. The molecule has 0 unspecified atom stereocenters. The predicted octanol–water partition coefficient (Wildman–Crippen LogP) is 3.87. The van der Waals surface area contributed by atoms with Crippen molar-refractivity contribution in [1.29, 1.82) is 0 Å². The first-order valence-corrected chi connectivity index (χ1v) is 5.15. The van der Waals surface area contributed by atoms with E-state index in [0.717, 1.165) is 0 Å². The largest absolute Gasteiger partial charge is 0.407 e. The Morgan fingerprint density at radius 3 is 2.44 bits per heavy atom. The summed E-state index contributed by atoms with van der Waals surface area (Å²) in [7, 11) is 0. The van der Waals surface area contributed by atoms with Gasteiger partial charge in [0.2, 0.25) is 0 Å². The second-order valence-electron chi connectivity index (χ2n) is 3.58. The van der Waals surface area contributed by atoms with Crippen LogP contribution in [0.3, 0.4) is 0 Å². The number of benzene rings is 1. The summed E-state index contributed by atoms with van der Waals surface area (Å²) < 4.78 is 37.5. The lowest BCUT2D eigenvalue weighted by Crippen LogP contribution is -2.28. The molecule has 1 aromatic heterocycles. The summed E-state index contributed by atoms with van der Waals surface area (Å²) in [5, 5.41) is 0.361. The Morgan fingerprint density at radius 2 is 1.83 bits per heavy atom. The fourth-order valence-corrected chi connectivity index (χ4v) is 1.77. The van der Waals surface area contributed by atoms with Gasteiger partial charge >= 0.3 is 6.18 Å². The lowest BCUT2D eigenvalue weighted by molar-refractivity contribution is -0.149. The molecule has 0 saturated heterocycles. The average molecular weight is 297 g/mol. The van der Waals surface area contributed by atoms with Gasteiger partial charge in [0.1, 0.15) is 11.2 Å². The molecule has 0 radical (unpaired) electrons. The maximum atomic E-state index is 12.5. The first kappa shape index (κ1) is 15.0. The quantitative estimate of drug-likeness (QED) is 0.811. The van der Waals surface area contributed by atoms with Crippen LogP contribution in [-0.4, -0.2) is 11.2 Å². The molecule has 2 rings (SSSR count). The van der Waals surface area contributed by atoms with Crippen molar-refractivity contribution in [1.82, 2.24) is 4.98 Å². The Bertz CT molecular complexity index is 557. The van der Waals surface area contributed by atoms with Crippen molar-refractivity contribution >= 4 is 34.9 Å². The van der Waals surface area contributed by atoms with Gasteiger partial charge in [-0.05, 0) is 12.1 Å². The van der Waals surface area contributed by atoms with Crippen molar-refractivity contribution in [3.63, 3.8) is 0 Å². The van der Waals surface area contributed by atoms with Crippen molar-refractivity contribution in [2.45, 2.75) is 12.2 Å². The molecule has 0 fully saturated rings. The van der Waals surface area contributed by atoms with Crippen molar-refractivity contribution < 1.29 is 13.2 Å². The summed E-state index contributed by atoms with van der Waals surface area (Å²) in [4.78, 5) is 3.90. The first-order valence-electron chi connectivity index (χ1n) is 4.77. The molecular formula is C11H9Cl2F3N2. The molecule has 7 heteroatoms. The van der Waals surface area contributed by atoms with E-state index in [1.165, 1.54) is 6.07 Å². The number of hydrogen-bond acceptors (Lipinski definition) is 2. The predicted molar refractivity (Wildman–Crippen MR) is 67.0 cm³/mol. The third kappa shape index (κ3) is 2.85. The number of aromatic nitrogens is 1. The van der Waals surface area contributed by atoms with Crippen LogP contribution in [0.15, 0.2) is 30.3 Å². The van der Waals surface area contributed by atoms with Gasteiger partial charge in [0.05, 0.1) is 5.52 Å². The lowest BCUT2D eigenvalue weighted by atomic mass is 10.1. The standard InChI is InChI=1S/C11H8ClF3N2.ClH/c12-10-7(9(16)11(13,14)15)5-6-3-1-2-4-8(6)17-10;/h1-5,9H,16H2;1H/t9-;/m1./s1. The zero-order valence-electron chi connectivity index (χ0n) is 8.91. The van der Waals surface area contributed by atoms with Crippen LogP contribution in [0.1, 0.15) is 11.6 Å². The maximum absolute atomic E-state index is 12.5. The molecule has 0 amide bonds. The van der Waals surface area contributed by atoms with E-state index in [-0.39, 0.29) is 23.1 Å². The first-order chi connectivity index (χ1) is 7.89. The molecule has 0 spiro atoms. The second-order valence-corrected chi connectivity index (χ2v) is 3.94. The Hall–Kier alpha value is -1.04. The van der Waals surface area contributed by atoms with Crippen LogP contribution in [0.25, 0.3) is 10.9 Å². The Balaban J connectivity index is 0.00000162. The molecule has 0 bridgehead atoms. The molecular weight excluding hydrogens is 288 g/mol. The Morgan fingerprint density at radius 1 is 1.22 bits per heavy atom. The molecule has 98 valence electrons. The monoisotopic (exact) mass is 296 g/mol. The summed E-state index contributed by atoms with van der Waals surface area (Å²) >= 11 is 5.71. The normalized spacial score (nSPS) is 13.2. The molecule has 1 atom stereocenters. The van der Waals surface area contributed by atoms with Crippen molar-refractivity contribution in [2.24, 2.45) is 5.73 Å². The highest BCUT2D eigenvalue weighted by Crippen LogP contribution is 2.34. The zero-order chi connectivity index (χ0) is 12.6. The number of hydrogen-bond donors (Lipinski definition) is 1. The number of nitrogens with two attached hydrogens (primary N) is 1. The van der Waals surface area contributed by atoms with E-state index in [1.807, 2.05) is 0 Å². The second kappa shape index (κ2) is 5.30. The van der Waals surface area contributed by atoms with Gasteiger partial charge in [-0.3, -0.25) is 0 Å². The van der Waals surface area contributed by atoms with Crippen LogP contribution in [0.5, 0.6) is 0 Å². The van der Waals surface area contributed by atoms with Crippen LogP contribution < -0.4 is 5.73 Å². The van der Waals surface area contributed by atoms with Gasteiger partial charge in [-0.25, -0.2) is 4.98 Å². The fraction of sp³-hybridized carbons (Fsp3) is 0.182. The van der Waals surface area contributed by atoms with Gasteiger partial charge in [-0.2, -0.15) is 13.2 Å². The topological polar surface area (TPSA) is 38.9 Å². The number of pyridine rings is 1.